The molecule has 1 N–H and O–H groups in total. The van der Waals surface area contributed by atoms with Crippen molar-refractivity contribution in [1.29, 1.82) is 0 Å². The van der Waals surface area contributed by atoms with Crippen molar-refractivity contribution in [3.8, 4) is 5.75 Å². The van der Waals surface area contributed by atoms with Gasteiger partial charge in [-0.2, -0.15) is 0 Å². The van der Waals surface area contributed by atoms with Gasteiger partial charge in [0.25, 0.3) is 5.91 Å². The van der Waals surface area contributed by atoms with E-state index in [0.29, 0.717) is 19.1 Å². The second kappa shape index (κ2) is 10.7. The largest absolute Gasteiger partial charge is 0.491 e. The van der Waals surface area contributed by atoms with Gasteiger partial charge in [0.2, 0.25) is 0 Å². The van der Waals surface area contributed by atoms with Gasteiger partial charge in [-0.1, -0.05) is 44.2 Å². The maximum atomic E-state index is 12.2. The molecule has 0 saturated heterocycles. The van der Waals surface area contributed by atoms with Crippen LogP contribution >= 0.6 is 11.3 Å². The molecule has 2 heterocycles. The van der Waals surface area contributed by atoms with Crippen molar-refractivity contribution in [2.24, 2.45) is 0 Å². The molecule has 1 amide bonds. The van der Waals surface area contributed by atoms with Crippen LogP contribution in [0.3, 0.4) is 0 Å². The Morgan fingerprint density at radius 1 is 1.15 bits per heavy atom. The van der Waals surface area contributed by atoms with Crippen LogP contribution in [0.1, 0.15) is 52.8 Å². The molecule has 0 radical (unpaired) electrons. The topological polar surface area (TPSA) is 56.1 Å². The van der Waals surface area contributed by atoms with Crippen LogP contribution in [0.15, 0.2) is 60.0 Å². The van der Waals surface area contributed by atoms with Crippen molar-refractivity contribution >= 4 is 28.3 Å². The number of carbonyl (C=O) groups is 1. The minimum Gasteiger partial charge on any atom is -0.491 e. The van der Waals surface area contributed by atoms with Gasteiger partial charge in [0.15, 0.2) is 0 Å². The highest BCUT2D eigenvalue weighted by Crippen LogP contribution is 2.27. The number of fused-ring (bicyclic) bond motifs is 1. The SMILES string of the molecule is Cc1ccc(C(C)C)c(OCCn2c(CCCNC(=O)c3cccs3)nc3ccccc32)c1. The molecule has 2 aromatic carbocycles. The molecule has 0 spiro atoms. The molecule has 0 saturated carbocycles. The molecule has 172 valence electrons. The number of carbonyl (C=O) groups excluding carboxylic acids is 1. The van der Waals surface area contributed by atoms with Crippen molar-refractivity contribution in [3.63, 3.8) is 0 Å². The molecular weight excluding hydrogens is 430 g/mol. The molecule has 5 nitrogen and oxygen atoms in total. The number of rotatable bonds is 10. The number of imidazole rings is 1. The van der Waals surface area contributed by atoms with Gasteiger partial charge in [0.1, 0.15) is 18.2 Å². The summed E-state index contributed by atoms with van der Waals surface area (Å²) in [6.45, 7) is 8.40. The number of ether oxygens (including phenoxy) is 1. The monoisotopic (exact) mass is 461 g/mol. The van der Waals surface area contributed by atoms with Crippen LogP contribution in [0, 0.1) is 6.92 Å². The Kier molecular flexibility index (Phi) is 7.45. The summed E-state index contributed by atoms with van der Waals surface area (Å²) < 4.78 is 8.50. The molecule has 6 heteroatoms. The van der Waals surface area contributed by atoms with Crippen LogP contribution < -0.4 is 10.1 Å². The van der Waals surface area contributed by atoms with Gasteiger partial charge >= 0.3 is 0 Å². The molecule has 4 rings (SSSR count). The summed E-state index contributed by atoms with van der Waals surface area (Å²) >= 11 is 1.46. The van der Waals surface area contributed by atoms with Crippen molar-refractivity contribution < 1.29 is 9.53 Å². The van der Waals surface area contributed by atoms with Gasteiger partial charge in [-0.15, -0.1) is 11.3 Å². The van der Waals surface area contributed by atoms with Crippen molar-refractivity contribution in [3.05, 3.63) is 81.8 Å². The lowest BCUT2D eigenvalue weighted by molar-refractivity contribution is 0.0957. The third-order valence-corrected chi connectivity index (χ3v) is 6.57. The van der Waals surface area contributed by atoms with E-state index in [1.165, 1.54) is 22.5 Å². The first-order valence-electron chi connectivity index (χ1n) is 11.5. The van der Waals surface area contributed by atoms with Crippen LogP contribution in [-0.2, 0) is 13.0 Å². The van der Waals surface area contributed by atoms with E-state index in [1.54, 1.807) is 0 Å². The molecular formula is C27H31N3O2S. The molecule has 4 aromatic rings. The number of nitrogens with zero attached hydrogens (tertiary/aromatic N) is 2. The summed E-state index contributed by atoms with van der Waals surface area (Å²) in [6, 6.07) is 18.4. The Morgan fingerprint density at radius 2 is 2.00 bits per heavy atom. The van der Waals surface area contributed by atoms with Crippen LogP contribution in [0.25, 0.3) is 11.0 Å². The first-order chi connectivity index (χ1) is 16.0. The molecule has 0 aliphatic carbocycles. The fourth-order valence-corrected chi connectivity index (χ4v) is 4.64. The fraction of sp³-hybridized carbons (Fsp3) is 0.333. The van der Waals surface area contributed by atoms with Crippen LogP contribution in [0.5, 0.6) is 5.75 Å². The Hall–Kier alpha value is -3.12. The summed E-state index contributed by atoms with van der Waals surface area (Å²) in [5.41, 5.74) is 4.55. The summed E-state index contributed by atoms with van der Waals surface area (Å²) in [5, 5.41) is 4.92. The second-order valence-electron chi connectivity index (χ2n) is 8.55. The average Bonchev–Trinajstić information content (AvgIpc) is 3.45. The Balaban J connectivity index is 1.41. The van der Waals surface area contributed by atoms with E-state index in [2.05, 4.69) is 54.9 Å². The van der Waals surface area contributed by atoms with Crippen molar-refractivity contribution in [2.45, 2.75) is 46.1 Å². The van der Waals surface area contributed by atoms with Crippen molar-refractivity contribution in [2.75, 3.05) is 13.2 Å². The van der Waals surface area contributed by atoms with Gasteiger partial charge in [-0.05, 0) is 60.0 Å². The summed E-state index contributed by atoms with van der Waals surface area (Å²) in [4.78, 5) is 17.8. The third kappa shape index (κ3) is 5.63. The Bertz CT molecular complexity index is 1210. The zero-order valence-corrected chi connectivity index (χ0v) is 20.3. The fourth-order valence-electron chi connectivity index (χ4n) is 4.00. The third-order valence-electron chi connectivity index (χ3n) is 5.70. The van der Waals surface area contributed by atoms with E-state index < -0.39 is 0 Å². The number of aromatic nitrogens is 2. The predicted octanol–water partition coefficient (Wildman–Crippen LogP) is 5.97. The second-order valence-corrected chi connectivity index (χ2v) is 9.50. The molecule has 0 atom stereocenters. The number of benzene rings is 2. The average molecular weight is 462 g/mol. The maximum Gasteiger partial charge on any atom is 0.261 e. The molecule has 0 bridgehead atoms. The van der Waals surface area contributed by atoms with E-state index in [9.17, 15) is 4.79 Å². The number of para-hydroxylation sites is 2. The van der Waals surface area contributed by atoms with Gasteiger partial charge in [-0.3, -0.25) is 4.79 Å². The van der Waals surface area contributed by atoms with Gasteiger partial charge in [-0.25, -0.2) is 4.98 Å². The van der Waals surface area contributed by atoms with E-state index in [-0.39, 0.29) is 5.91 Å². The minimum absolute atomic E-state index is 0.00832. The zero-order chi connectivity index (χ0) is 23.2. The zero-order valence-electron chi connectivity index (χ0n) is 19.5. The van der Waals surface area contributed by atoms with Gasteiger partial charge in [0, 0.05) is 13.0 Å². The van der Waals surface area contributed by atoms with Gasteiger partial charge < -0.3 is 14.6 Å². The van der Waals surface area contributed by atoms with E-state index in [4.69, 9.17) is 9.72 Å². The lowest BCUT2D eigenvalue weighted by atomic mass is 10.0. The highest BCUT2D eigenvalue weighted by Gasteiger charge is 2.13. The highest BCUT2D eigenvalue weighted by atomic mass is 32.1. The summed E-state index contributed by atoms with van der Waals surface area (Å²) in [7, 11) is 0. The number of amides is 1. The minimum atomic E-state index is -0.00832. The molecule has 2 aromatic heterocycles. The van der Waals surface area contributed by atoms with Crippen LogP contribution in [-0.4, -0.2) is 28.6 Å². The standard InChI is InChI=1S/C27H31N3O2S/c1-19(2)21-13-12-20(3)18-24(21)32-16-15-30-23-9-5-4-8-22(23)29-26(30)11-6-14-28-27(31)25-10-7-17-33-25/h4-5,7-10,12-13,17-19H,6,11,14-16H2,1-3H3,(H,28,31). The first-order valence-corrected chi connectivity index (χ1v) is 12.4. The molecule has 0 unspecified atom stereocenters. The maximum absolute atomic E-state index is 12.2. The number of nitrogens with one attached hydrogen (secondary N) is 1. The lowest BCUT2D eigenvalue weighted by Gasteiger charge is -2.16. The summed E-state index contributed by atoms with van der Waals surface area (Å²) in [5.74, 6) is 2.39. The molecule has 0 aliphatic rings. The smallest absolute Gasteiger partial charge is 0.261 e. The number of aryl methyl sites for hydroxylation is 2. The van der Waals surface area contributed by atoms with E-state index >= 15 is 0 Å². The van der Waals surface area contributed by atoms with Crippen LogP contribution in [0.4, 0.5) is 0 Å². The molecule has 0 fully saturated rings. The molecule has 33 heavy (non-hydrogen) atoms. The normalized spacial score (nSPS) is 11.3. The predicted molar refractivity (Wildman–Crippen MR) is 135 cm³/mol. The molecule has 0 aliphatic heterocycles. The van der Waals surface area contributed by atoms with Gasteiger partial charge in [0.05, 0.1) is 22.5 Å². The quantitative estimate of drug-likeness (QED) is 0.296. The lowest BCUT2D eigenvalue weighted by Crippen LogP contribution is -2.24. The summed E-state index contributed by atoms with van der Waals surface area (Å²) in [6.07, 6.45) is 1.62. The highest BCUT2D eigenvalue weighted by molar-refractivity contribution is 7.12. The van der Waals surface area contributed by atoms with Crippen molar-refractivity contribution in [1.82, 2.24) is 14.9 Å². The first kappa shape index (κ1) is 23.1. The number of thiophene rings is 1. The van der Waals surface area contributed by atoms with E-state index in [0.717, 1.165) is 46.9 Å². The number of hydrogen-bond acceptors (Lipinski definition) is 4. The number of hydrogen-bond donors (Lipinski definition) is 1. The Labute approximate surface area is 199 Å². The Morgan fingerprint density at radius 3 is 2.79 bits per heavy atom. The van der Waals surface area contributed by atoms with E-state index in [1.807, 2.05) is 35.7 Å². The van der Waals surface area contributed by atoms with Crippen LogP contribution in [0.2, 0.25) is 0 Å².